The molecule has 3 rings (SSSR count). The number of benzene rings is 1. The van der Waals surface area contributed by atoms with Gasteiger partial charge in [-0.2, -0.15) is 0 Å². The smallest absolute Gasteiger partial charge is 0.222 e. The largest absolute Gasteiger partial charge is 0.370 e. The van der Waals surface area contributed by atoms with Gasteiger partial charge in [0.25, 0.3) is 0 Å². The Bertz CT molecular complexity index is 770. The van der Waals surface area contributed by atoms with Crippen LogP contribution in [0, 0.1) is 5.82 Å². The molecule has 1 heterocycles. The molecule has 3 nitrogen and oxygen atoms in total. The van der Waals surface area contributed by atoms with Gasteiger partial charge in [0.15, 0.2) is 0 Å². The van der Waals surface area contributed by atoms with E-state index in [9.17, 15) is 9.18 Å². The Morgan fingerprint density at radius 2 is 2.07 bits per heavy atom. The molecule has 1 aliphatic carbocycles. The highest BCUT2D eigenvalue weighted by molar-refractivity contribution is 5.76. The van der Waals surface area contributed by atoms with Crippen molar-refractivity contribution in [1.29, 1.82) is 0 Å². The third kappa shape index (κ3) is 5.96. The molecule has 164 valence electrons. The van der Waals surface area contributed by atoms with Gasteiger partial charge in [0, 0.05) is 37.8 Å². The van der Waals surface area contributed by atoms with E-state index in [1.165, 1.54) is 37.4 Å². The Hall–Kier alpha value is -2.10. The van der Waals surface area contributed by atoms with Crippen molar-refractivity contribution >= 4 is 5.91 Å². The number of carbonyl (C=O) groups excluding carboxylic acids is 1. The highest BCUT2D eigenvalue weighted by Gasteiger charge is 2.24. The minimum Gasteiger partial charge on any atom is -0.370 e. The number of allylic oxidation sites excluding steroid dienone is 3. The summed E-state index contributed by atoms with van der Waals surface area (Å²) in [6.07, 6.45) is 13.4. The number of amides is 1. The topological polar surface area (TPSA) is 23.6 Å². The maximum atomic E-state index is 13.8. The second-order valence-corrected chi connectivity index (χ2v) is 8.71. The van der Waals surface area contributed by atoms with Crippen LogP contribution in [0.3, 0.4) is 0 Å². The van der Waals surface area contributed by atoms with Crippen LogP contribution in [0.25, 0.3) is 0 Å². The molecule has 1 aromatic carbocycles. The van der Waals surface area contributed by atoms with Crippen molar-refractivity contribution in [3.8, 4) is 0 Å². The minimum atomic E-state index is -0.172. The maximum Gasteiger partial charge on any atom is 0.222 e. The molecule has 0 saturated heterocycles. The number of aryl methyl sites for hydroxylation is 1. The highest BCUT2D eigenvalue weighted by Crippen LogP contribution is 2.30. The summed E-state index contributed by atoms with van der Waals surface area (Å²) in [5.74, 6) is 0.0263. The van der Waals surface area contributed by atoms with Crippen LogP contribution in [0.2, 0.25) is 0 Å². The molecule has 1 aliphatic heterocycles. The lowest BCUT2D eigenvalue weighted by Crippen LogP contribution is -2.45. The van der Waals surface area contributed by atoms with E-state index in [0.717, 1.165) is 32.5 Å². The molecule has 30 heavy (non-hydrogen) atoms. The van der Waals surface area contributed by atoms with Gasteiger partial charge < -0.3 is 9.80 Å². The van der Waals surface area contributed by atoms with E-state index in [4.69, 9.17) is 0 Å². The van der Waals surface area contributed by atoms with Crippen molar-refractivity contribution in [3.63, 3.8) is 0 Å². The predicted molar refractivity (Wildman–Crippen MR) is 122 cm³/mol. The molecule has 0 N–H and O–H groups in total. The Morgan fingerprint density at radius 3 is 2.87 bits per heavy atom. The molecule has 0 fully saturated rings. The minimum absolute atomic E-state index is 0.172. The SMILES string of the molecule is CCCN(C(=O)CCCc1ccccc1F)[C@@H](C)CN1CCCCC2=C1C=CCC2. The van der Waals surface area contributed by atoms with Crippen LogP contribution >= 0.6 is 0 Å². The van der Waals surface area contributed by atoms with Crippen molar-refractivity contribution in [2.24, 2.45) is 0 Å². The number of hydrogen-bond acceptors (Lipinski definition) is 2. The monoisotopic (exact) mass is 412 g/mol. The van der Waals surface area contributed by atoms with Crippen LogP contribution in [-0.4, -0.2) is 41.4 Å². The van der Waals surface area contributed by atoms with Gasteiger partial charge in [-0.3, -0.25) is 4.79 Å². The van der Waals surface area contributed by atoms with Crippen LogP contribution in [0.5, 0.6) is 0 Å². The standard InChI is InChI=1S/C26H37FN2O/c1-3-18-29(26(30)17-10-14-22-11-4-6-15-24(22)27)21(2)20-28-19-9-8-13-23-12-5-7-16-25(23)28/h4,6-7,11,15-16,21H,3,5,8-10,12-14,17-20H2,1-2H3/t21-/m0/s1. The Labute approximate surface area is 181 Å². The second kappa shape index (κ2) is 11.3. The van der Waals surface area contributed by atoms with Gasteiger partial charge in [-0.15, -0.1) is 0 Å². The molecule has 1 aromatic rings. The molecule has 1 amide bonds. The first-order chi connectivity index (χ1) is 14.6. The average Bonchev–Trinajstić information content (AvgIpc) is 2.95. The van der Waals surface area contributed by atoms with Gasteiger partial charge in [-0.05, 0) is 81.6 Å². The van der Waals surface area contributed by atoms with Gasteiger partial charge in [-0.25, -0.2) is 4.39 Å². The van der Waals surface area contributed by atoms with Gasteiger partial charge in [0.1, 0.15) is 5.82 Å². The zero-order valence-electron chi connectivity index (χ0n) is 18.7. The summed E-state index contributed by atoms with van der Waals surface area (Å²) in [4.78, 5) is 17.6. The Morgan fingerprint density at radius 1 is 1.23 bits per heavy atom. The first-order valence-corrected chi connectivity index (χ1v) is 11.8. The fourth-order valence-corrected chi connectivity index (χ4v) is 4.76. The summed E-state index contributed by atoms with van der Waals surface area (Å²) >= 11 is 0. The van der Waals surface area contributed by atoms with E-state index >= 15 is 0 Å². The molecular weight excluding hydrogens is 375 g/mol. The molecule has 0 aromatic heterocycles. The van der Waals surface area contributed by atoms with Crippen LogP contribution in [-0.2, 0) is 11.2 Å². The Kier molecular flexibility index (Phi) is 8.53. The lowest BCUT2D eigenvalue weighted by molar-refractivity contribution is -0.133. The molecule has 2 aliphatic rings. The first-order valence-electron chi connectivity index (χ1n) is 11.8. The quantitative estimate of drug-likeness (QED) is 0.507. The van der Waals surface area contributed by atoms with Crippen molar-refractivity contribution in [3.05, 3.63) is 59.1 Å². The molecule has 0 radical (unpaired) electrons. The van der Waals surface area contributed by atoms with E-state index in [1.54, 1.807) is 11.6 Å². The summed E-state index contributed by atoms with van der Waals surface area (Å²) < 4.78 is 13.8. The van der Waals surface area contributed by atoms with Gasteiger partial charge in [0.05, 0.1) is 0 Å². The molecule has 4 heteroatoms. The van der Waals surface area contributed by atoms with Gasteiger partial charge in [-0.1, -0.05) is 31.2 Å². The highest BCUT2D eigenvalue weighted by atomic mass is 19.1. The van der Waals surface area contributed by atoms with Crippen molar-refractivity contribution in [1.82, 2.24) is 9.80 Å². The first kappa shape index (κ1) is 22.6. The number of hydrogen-bond donors (Lipinski definition) is 0. The fourth-order valence-electron chi connectivity index (χ4n) is 4.76. The van der Waals surface area contributed by atoms with Crippen molar-refractivity contribution in [2.75, 3.05) is 19.6 Å². The zero-order valence-corrected chi connectivity index (χ0v) is 18.7. The summed E-state index contributed by atoms with van der Waals surface area (Å²) in [5.41, 5.74) is 3.71. The van der Waals surface area contributed by atoms with E-state index in [1.807, 2.05) is 12.1 Å². The normalized spacial score (nSPS) is 17.5. The molecule has 0 unspecified atom stereocenters. The van der Waals surface area contributed by atoms with Crippen molar-refractivity contribution in [2.45, 2.75) is 77.7 Å². The number of carbonyl (C=O) groups is 1. The average molecular weight is 413 g/mol. The van der Waals surface area contributed by atoms with E-state index < -0.39 is 0 Å². The van der Waals surface area contributed by atoms with Crippen LogP contribution in [0.4, 0.5) is 4.39 Å². The van der Waals surface area contributed by atoms with E-state index in [-0.39, 0.29) is 17.8 Å². The lowest BCUT2D eigenvalue weighted by Gasteiger charge is -2.36. The predicted octanol–water partition coefficient (Wildman–Crippen LogP) is 5.87. The van der Waals surface area contributed by atoms with Crippen LogP contribution < -0.4 is 0 Å². The van der Waals surface area contributed by atoms with Crippen LogP contribution in [0.15, 0.2) is 47.7 Å². The van der Waals surface area contributed by atoms with Gasteiger partial charge in [0.2, 0.25) is 5.91 Å². The lowest BCUT2D eigenvalue weighted by atomic mass is 9.98. The molecule has 0 saturated carbocycles. The molecule has 0 spiro atoms. The number of nitrogens with zero attached hydrogens (tertiary/aromatic N) is 2. The number of rotatable bonds is 9. The summed E-state index contributed by atoms with van der Waals surface area (Å²) in [5, 5.41) is 0. The summed E-state index contributed by atoms with van der Waals surface area (Å²) in [6.45, 7) is 7.07. The summed E-state index contributed by atoms with van der Waals surface area (Å²) in [7, 11) is 0. The fraction of sp³-hybridized carbons (Fsp3) is 0.577. The molecular formula is C26H37FN2O. The third-order valence-corrected chi connectivity index (χ3v) is 6.34. The molecule has 0 bridgehead atoms. The molecule has 1 atom stereocenters. The third-order valence-electron chi connectivity index (χ3n) is 6.34. The van der Waals surface area contributed by atoms with Crippen molar-refractivity contribution < 1.29 is 9.18 Å². The maximum absolute atomic E-state index is 13.8. The second-order valence-electron chi connectivity index (χ2n) is 8.71. The van der Waals surface area contributed by atoms with Gasteiger partial charge >= 0.3 is 0 Å². The summed E-state index contributed by atoms with van der Waals surface area (Å²) in [6, 6.07) is 7.05. The van der Waals surface area contributed by atoms with E-state index in [2.05, 4.69) is 35.8 Å². The number of halogens is 1. The van der Waals surface area contributed by atoms with E-state index in [0.29, 0.717) is 24.8 Å². The van der Waals surface area contributed by atoms with Crippen LogP contribution in [0.1, 0.15) is 70.8 Å². The zero-order chi connectivity index (χ0) is 21.3. The Balaban J connectivity index is 1.59.